The molecule has 1 aliphatic carbocycles. The van der Waals surface area contributed by atoms with Crippen LogP contribution < -0.4 is 10.1 Å². The van der Waals surface area contributed by atoms with Gasteiger partial charge in [0.2, 0.25) is 0 Å². The van der Waals surface area contributed by atoms with Crippen molar-refractivity contribution in [3.05, 3.63) is 65.4 Å². The van der Waals surface area contributed by atoms with Gasteiger partial charge in [0.15, 0.2) is 9.84 Å². The number of hydrogen-bond acceptors (Lipinski definition) is 6. The maximum Gasteiger partial charge on any atom is 0.391 e. The molecule has 0 aliphatic heterocycles. The Hall–Kier alpha value is -3.18. The molecule has 0 radical (unpaired) electrons. The number of aliphatic hydroxyl groups excluding tert-OH is 1. The van der Waals surface area contributed by atoms with Crippen LogP contribution in [0.15, 0.2) is 53.4 Å². The summed E-state index contributed by atoms with van der Waals surface area (Å²) in [6, 6.07) is 12.0. The highest BCUT2D eigenvalue weighted by Crippen LogP contribution is 2.40. The molecular weight excluding hydrogens is 545 g/mol. The number of benzene rings is 2. The van der Waals surface area contributed by atoms with E-state index in [1.165, 1.54) is 12.1 Å². The van der Waals surface area contributed by atoms with Gasteiger partial charge < -0.3 is 15.2 Å². The lowest BCUT2D eigenvalue weighted by atomic mass is 9.82. The number of halogens is 3. The number of carbonyl (C=O) groups excluding carboxylic acids is 1. The number of hydrogen-bond donors (Lipinski definition) is 2. The summed E-state index contributed by atoms with van der Waals surface area (Å²) >= 11 is 0. The minimum Gasteiger partial charge on any atom is -0.493 e. The zero-order valence-electron chi connectivity index (χ0n) is 22.4. The molecule has 1 saturated carbocycles. The number of carbonyl (C=O) groups is 1. The number of pyridine rings is 1. The molecule has 0 saturated heterocycles. The minimum absolute atomic E-state index is 0.0301. The first kappa shape index (κ1) is 29.8. The van der Waals surface area contributed by atoms with Gasteiger partial charge in [-0.3, -0.25) is 9.78 Å². The van der Waals surface area contributed by atoms with Crippen LogP contribution in [0, 0.1) is 18.8 Å². The summed E-state index contributed by atoms with van der Waals surface area (Å²) in [5, 5.41) is 13.3. The van der Waals surface area contributed by atoms with Crippen LogP contribution in [0.25, 0.3) is 10.9 Å². The highest BCUT2D eigenvalue weighted by atomic mass is 32.2. The van der Waals surface area contributed by atoms with E-state index in [1.807, 2.05) is 0 Å². The van der Waals surface area contributed by atoms with Gasteiger partial charge in [0, 0.05) is 22.7 Å². The molecule has 216 valence electrons. The standard InChI is InChI=1S/C29H33F3N2O5S/c1-3-40(37,38)23-11-6-20(7-12-23)26(16-35)34-28(36)21-8-13-24-25(15-21)33-18(2)14-27(24)39-17-19-4-9-22(10-5-19)29(30,31)32/h6-8,11-15,19,22,26,35H,3-5,9-10,16-17H2,1-2H3,(H,34,36). The van der Waals surface area contributed by atoms with E-state index in [2.05, 4.69) is 10.3 Å². The first-order valence-corrected chi connectivity index (χ1v) is 14.9. The number of nitrogens with one attached hydrogen (secondary N) is 1. The number of aryl methyl sites for hydroxylation is 1. The fourth-order valence-corrected chi connectivity index (χ4v) is 5.88. The van der Waals surface area contributed by atoms with Crippen molar-refractivity contribution in [3.8, 4) is 5.75 Å². The average Bonchev–Trinajstić information content (AvgIpc) is 2.93. The molecule has 0 spiro atoms. The van der Waals surface area contributed by atoms with Crippen molar-refractivity contribution < 1.29 is 36.2 Å². The maximum atomic E-state index is 13.0. The van der Waals surface area contributed by atoms with E-state index >= 15 is 0 Å². The van der Waals surface area contributed by atoms with Gasteiger partial charge in [0.25, 0.3) is 5.91 Å². The summed E-state index contributed by atoms with van der Waals surface area (Å²) in [6.07, 6.45) is -3.00. The van der Waals surface area contributed by atoms with Crippen molar-refractivity contribution >= 4 is 26.6 Å². The number of ether oxygens (including phenoxy) is 1. The number of aliphatic hydroxyl groups is 1. The predicted octanol–water partition coefficient (Wildman–Crippen LogP) is 5.55. The van der Waals surface area contributed by atoms with Gasteiger partial charge in [-0.2, -0.15) is 13.2 Å². The molecule has 1 fully saturated rings. The van der Waals surface area contributed by atoms with E-state index in [9.17, 15) is 31.5 Å². The smallest absolute Gasteiger partial charge is 0.391 e. The lowest BCUT2D eigenvalue weighted by Crippen LogP contribution is -2.30. The van der Waals surface area contributed by atoms with Crippen molar-refractivity contribution in [1.82, 2.24) is 10.3 Å². The molecule has 1 heterocycles. The highest BCUT2D eigenvalue weighted by molar-refractivity contribution is 7.91. The molecule has 7 nitrogen and oxygen atoms in total. The Morgan fingerprint density at radius 3 is 2.38 bits per heavy atom. The summed E-state index contributed by atoms with van der Waals surface area (Å²) in [4.78, 5) is 17.7. The fraction of sp³-hybridized carbons (Fsp3) is 0.448. The van der Waals surface area contributed by atoms with Crippen LogP contribution in [0.5, 0.6) is 5.75 Å². The van der Waals surface area contributed by atoms with Crippen LogP contribution in [0.3, 0.4) is 0 Å². The Bertz CT molecular complexity index is 1450. The van der Waals surface area contributed by atoms with Gasteiger partial charge in [-0.1, -0.05) is 19.1 Å². The van der Waals surface area contributed by atoms with Crippen LogP contribution >= 0.6 is 0 Å². The number of fused-ring (bicyclic) bond motifs is 1. The highest BCUT2D eigenvalue weighted by Gasteiger charge is 2.41. The number of alkyl halides is 3. The Morgan fingerprint density at radius 2 is 1.77 bits per heavy atom. The normalized spacial score (nSPS) is 18.9. The summed E-state index contributed by atoms with van der Waals surface area (Å²) in [5.41, 5.74) is 2.06. The number of amides is 1. The van der Waals surface area contributed by atoms with E-state index in [-0.39, 0.29) is 36.0 Å². The lowest BCUT2D eigenvalue weighted by molar-refractivity contribution is -0.184. The monoisotopic (exact) mass is 578 g/mol. The number of rotatable bonds is 9. The Morgan fingerprint density at radius 1 is 1.10 bits per heavy atom. The molecule has 0 bridgehead atoms. The molecule has 1 aromatic heterocycles. The van der Waals surface area contributed by atoms with Crippen LogP contribution in [-0.4, -0.2) is 49.6 Å². The van der Waals surface area contributed by atoms with Gasteiger partial charge in [0.1, 0.15) is 5.75 Å². The zero-order valence-corrected chi connectivity index (χ0v) is 23.2. The molecule has 1 amide bonds. The first-order valence-electron chi connectivity index (χ1n) is 13.3. The first-order chi connectivity index (χ1) is 18.9. The quantitative estimate of drug-likeness (QED) is 0.345. The predicted molar refractivity (Wildman–Crippen MR) is 145 cm³/mol. The van der Waals surface area contributed by atoms with Gasteiger partial charge in [-0.15, -0.1) is 0 Å². The van der Waals surface area contributed by atoms with Crippen molar-refractivity contribution in [2.24, 2.45) is 11.8 Å². The number of sulfone groups is 1. The minimum atomic E-state index is -4.14. The molecular formula is C29H33F3N2O5S. The van der Waals surface area contributed by atoms with Gasteiger partial charge in [-0.05, 0) is 74.4 Å². The summed E-state index contributed by atoms with van der Waals surface area (Å²) in [7, 11) is -3.37. The Labute approximate surface area is 231 Å². The second-order valence-electron chi connectivity index (χ2n) is 10.2. The molecule has 2 aromatic carbocycles. The van der Waals surface area contributed by atoms with Crippen molar-refractivity contribution in [2.75, 3.05) is 19.0 Å². The van der Waals surface area contributed by atoms with Gasteiger partial charge >= 0.3 is 6.18 Å². The van der Waals surface area contributed by atoms with Gasteiger partial charge in [0.05, 0.1) is 41.3 Å². The molecule has 4 rings (SSSR count). The van der Waals surface area contributed by atoms with E-state index < -0.39 is 33.9 Å². The lowest BCUT2D eigenvalue weighted by Gasteiger charge is -2.29. The van der Waals surface area contributed by atoms with E-state index in [4.69, 9.17) is 4.74 Å². The third kappa shape index (κ3) is 6.93. The molecule has 11 heteroatoms. The SMILES string of the molecule is CCS(=O)(=O)c1ccc(C(CO)NC(=O)c2ccc3c(OCC4CCC(C(F)(F)F)CC4)cc(C)nc3c2)cc1. The third-order valence-corrected chi connectivity index (χ3v) is 9.21. The fourth-order valence-electron chi connectivity index (χ4n) is 5.00. The van der Waals surface area contributed by atoms with Crippen LogP contribution in [0.4, 0.5) is 13.2 Å². The van der Waals surface area contributed by atoms with E-state index in [1.54, 1.807) is 50.2 Å². The number of aromatic nitrogens is 1. The molecule has 40 heavy (non-hydrogen) atoms. The van der Waals surface area contributed by atoms with Crippen molar-refractivity contribution in [2.45, 2.75) is 56.6 Å². The molecule has 3 aromatic rings. The van der Waals surface area contributed by atoms with Gasteiger partial charge in [-0.25, -0.2) is 8.42 Å². The average molecular weight is 579 g/mol. The van der Waals surface area contributed by atoms with Crippen molar-refractivity contribution in [1.29, 1.82) is 0 Å². The zero-order chi connectivity index (χ0) is 29.1. The molecule has 1 aliphatic rings. The molecule has 2 N–H and O–H groups in total. The molecule has 1 atom stereocenters. The van der Waals surface area contributed by atoms with Crippen LogP contribution in [0.1, 0.15) is 60.3 Å². The summed E-state index contributed by atoms with van der Waals surface area (Å²) in [5.74, 6) is -1.11. The molecule has 1 unspecified atom stereocenters. The van der Waals surface area contributed by atoms with Crippen LogP contribution in [0.2, 0.25) is 0 Å². The third-order valence-electron chi connectivity index (χ3n) is 7.46. The topological polar surface area (TPSA) is 106 Å². The maximum absolute atomic E-state index is 13.0. The van der Waals surface area contributed by atoms with E-state index in [0.717, 1.165) is 0 Å². The number of nitrogens with zero attached hydrogens (tertiary/aromatic N) is 1. The summed E-state index contributed by atoms with van der Waals surface area (Å²) in [6.45, 7) is 3.26. The second-order valence-corrected chi connectivity index (χ2v) is 12.5. The largest absolute Gasteiger partial charge is 0.493 e. The van der Waals surface area contributed by atoms with Crippen LogP contribution in [-0.2, 0) is 9.84 Å². The second kappa shape index (κ2) is 12.1. The van der Waals surface area contributed by atoms with Crippen molar-refractivity contribution in [3.63, 3.8) is 0 Å². The Balaban J connectivity index is 1.45. The summed E-state index contributed by atoms with van der Waals surface area (Å²) < 4.78 is 69.1. The van der Waals surface area contributed by atoms with E-state index in [0.29, 0.717) is 52.9 Å². The Kier molecular flexibility index (Phi) is 9.04.